The van der Waals surface area contributed by atoms with Gasteiger partial charge in [0.15, 0.2) is 5.69 Å². The minimum Gasteiger partial charge on any atom is -0.222 e. The second-order valence-electron chi connectivity index (χ2n) is 7.05. The van der Waals surface area contributed by atoms with Crippen molar-refractivity contribution < 1.29 is 33.4 Å². The summed E-state index contributed by atoms with van der Waals surface area (Å²) in [5.41, 5.74) is 8.58. The van der Waals surface area contributed by atoms with Crippen LogP contribution >= 0.6 is 0 Å². The number of hydrogen-bond acceptors (Lipinski definition) is 4. The molecule has 1 heterocycles. The lowest BCUT2D eigenvalue weighted by Crippen LogP contribution is -2.68. The molecule has 0 fully saturated rings. The average Bonchev–Trinajstić information content (AvgIpc) is 2.74. The van der Waals surface area contributed by atoms with Crippen LogP contribution in [0.25, 0.3) is 28.1 Å². The van der Waals surface area contributed by atoms with E-state index in [1.165, 1.54) is 39.3 Å². The predicted molar refractivity (Wildman–Crippen MR) is 108 cm³/mol. The SMILES string of the molecule is Cc1ccc(-[n+]2c(C)cc(-c3ccccc3)cc2-c2ccccc2)cc1.[O-][Cl+3]([O-])([O-])[O-]. The summed E-state index contributed by atoms with van der Waals surface area (Å²) in [5.74, 6) is 0. The van der Waals surface area contributed by atoms with Crippen molar-refractivity contribution in [1.29, 1.82) is 0 Å². The Kier molecular flexibility index (Phi) is 7.17. The van der Waals surface area contributed by atoms with Crippen molar-refractivity contribution in [2.45, 2.75) is 13.8 Å². The summed E-state index contributed by atoms with van der Waals surface area (Å²) in [6, 6.07) is 34.5. The summed E-state index contributed by atoms with van der Waals surface area (Å²) in [5, 5.41) is 0. The number of rotatable bonds is 3. The molecule has 4 rings (SSSR count). The van der Waals surface area contributed by atoms with E-state index in [-0.39, 0.29) is 0 Å². The van der Waals surface area contributed by atoms with Gasteiger partial charge in [-0.05, 0) is 30.2 Å². The van der Waals surface area contributed by atoms with E-state index in [2.05, 4.69) is 115 Å². The van der Waals surface area contributed by atoms with Gasteiger partial charge < -0.3 is 0 Å². The molecule has 0 saturated carbocycles. The zero-order valence-electron chi connectivity index (χ0n) is 17.2. The smallest absolute Gasteiger partial charge is 0.219 e. The van der Waals surface area contributed by atoms with Crippen molar-refractivity contribution in [3.63, 3.8) is 0 Å². The van der Waals surface area contributed by atoms with Crippen LogP contribution in [0.15, 0.2) is 97.1 Å². The van der Waals surface area contributed by atoms with E-state index in [4.69, 9.17) is 18.6 Å². The lowest BCUT2D eigenvalue weighted by molar-refractivity contribution is -2.00. The molecule has 0 aliphatic heterocycles. The Labute approximate surface area is 183 Å². The first kappa shape index (κ1) is 22.6. The van der Waals surface area contributed by atoms with E-state index in [9.17, 15) is 0 Å². The number of halogens is 1. The van der Waals surface area contributed by atoms with Gasteiger partial charge in [-0.1, -0.05) is 66.2 Å². The maximum atomic E-state index is 8.49. The third kappa shape index (κ3) is 6.46. The molecule has 31 heavy (non-hydrogen) atoms. The molecular formula is C25H22ClNO4. The largest absolute Gasteiger partial charge is 0.222 e. The molecule has 5 nitrogen and oxygen atoms in total. The number of hydrogen-bond donors (Lipinski definition) is 0. The highest BCUT2D eigenvalue weighted by atomic mass is 35.7. The molecule has 158 valence electrons. The topological polar surface area (TPSA) is 96.1 Å². The first-order chi connectivity index (χ1) is 14.7. The number of benzene rings is 3. The Hall–Kier alpha value is -3.06. The normalized spacial score (nSPS) is 10.9. The molecule has 0 N–H and O–H groups in total. The van der Waals surface area contributed by atoms with E-state index < -0.39 is 10.2 Å². The number of pyridine rings is 1. The lowest BCUT2D eigenvalue weighted by Gasteiger charge is -2.17. The van der Waals surface area contributed by atoms with Crippen molar-refractivity contribution in [2.24, 2.45) is 0 Å². The molecule has 0 aliphatic rings. The maximum absolute atomic E-state index is 8.49. The highest BCUT2D eigenvalue weighted by molar-refractivity contribution is 5.69. The molecule has 3 aromatic carbocycles. The second kappa shape index (κ2) is 9.83. The molecule has 0 saturated heterocycles. The van der Waals surface area contributed by atoms with Gasteiger partial charge in [0.1, 0.15) is 0 Å². The third-order valence-electron chi connectivity index (χ3n) is 4.72. The quantitative estimate of drug-likeness (QED) is 0.451. The van der Waals surface area contributed by atoms with Gasteiger partial charge in [-0.3, -0.25) is 0 Å². The zero-order chi connectivity index (χ0) is 22.4. The third-order valence-corrected chi connectivity index (χ3v) is 4.72. The Morgan fingerprint density at radius 2 is 1.06 bits per heavy atom. The summed E-state index contributed by atoms with van der Waals surface area (Å²) in [6.07, 6.45) is 0. The fourth-order valence-electron chi connectivity index (χ4n) is 3.39. The predicted octanol–water partition coefficient (Wildman–Crippen LogP) is 1.16. The molecule has 0 radical (unpaired) electrons. The van der Waals surface area contributed by atoms with Crippen molar-refractivity contribution >= 4 is 0 Å². The van der Waals surface area contributed by atoms with Crippen LogP contribution in [0, 0.1) is 24.1 Å². The van der Waals surface area contributed by atoms with Gasteiger partial charge in [0.25, 0.3) is 0 Å². The highest BCUT2D eigenvalue weighted by Gasteiger charge is 2.20. The number of nitrogens with zero attached hydrogens (tertiary/aromatic N) is 1. The second-order valence-corrected chi connectivity index (χ2v) is 7.81. The van der Waals surface area contributed by atoms with Crippen molar-refractivity contribution in [2.75, 3.05) is 0 Å². The van der Waals surface area contributed by atoms with Crippen molar-refractivity contribution in [1.82, 2.24) is 0 Å². The highest BCUT2D eigenvalue weighted by Crippen LogP contribution is 2.26. The van der Waals surface area contributed by atoms with Gasteiger partial charge in [0.2, 0.25) is 11.4 Å². The molecule has 0 atom stereocenters. The fourth-order valence-corrected chi connectivity index (χ4v) is 3.39. The Bertz CT molecular complexity index is 1120. The van der Waals surface area contributed by atoms with Crippen LogP contribution in [-0.4, -0.2) is 0 Å². The van der Waals surface area contributed by atoms with E-state index in [0.717, 1.165) is 0 Å². The minimum atomic E-state index is -4.94. The molecular weight excluding hydrogens is 414 g/mol. The van der Waals surface area contributed by atoms with Crippen LogP contribution in [-0.2, 0) is 0 Å². The van der Waals surface area contributed by atoms with Crippen molar-refractivity contribution in [3.05, 3.63) is 108 Å². The van der Waals surface area contributed by atoms with Gasteiger partial charge in [-0.25, -0.2) is 18.6 Å². The van der Waals surface area contributed by atoms with Gasteiger partial charge in [-0.15, -0.1) is 10.2 Å². The summed E-state index contributed by atoms with van der Waals surface area (Å²) in [6.45, 7) is 4.30. The molecule has 0 aliphatic carbocycles. The standard InChI is InChI=1S/C25H22N.ClHO4/c1-19-13-15-24(16-14-19)26-20(2)17-23(21-9-5-3-6-10-21)18-25(26)22-11-7-4-8-12-22;2-1(3,4)5/h3-18H,1-2H3;(H,2,3,4,5)/q+1;/p-1. The van der Waals surface area contributed by atoms with Crippen LogP contribution in [0.2, 0.25) is 0 Å². The molecule has 4 aromatic rings. The van der Waals surface area contributed by atoms with Crippen LogP contribution in [0.3, 0.4) is 0 Å². The van der Waals surface area contributed by atoms with E-state index >= 15 is 0 Å². The fraction of sp³-hybridized carbons (Fsp3) is 0.0800. The monoisotopic (exact) mass is 435 g/mol. The van der Waals surface area contributed by atoms with Gasteiger partial charge in [0.05, 0.1) is 0 Å². The molecule has 0 spiro atoms. The lowest BCUT2D eigenvalue weighted by atomic mass is 10.0. The van der Waals surface area contributed by atoms with E-state index in [0.29, 0.717) is 0 Å². The van der Waals surface area contributed by atoms with E-state index in [1.54, 1.807) is 0 Å². The van der Waals surface area contributed by atoms with Gasteiger partial charge in [-0.2, -0.15) is 4.57 Å². The Morgan fingerprint density at radius 3 is 1.58 bits per heavy atom. The molecule has 1 aromatic heterocycles. The van der Waals surface area contributed by atoms with Crippen LogP contribution in [0.1, 0.15) is 11.3 Å². The van der Waals surface area contributed by atoms with Crippen molar-refractivity contribution in [3.8, 4) is 28.1 Å². The summed E-state index contributed by atoms with van der Waals surface area (Å²) in [4.78, 5) is 0. The first-order valence-electron chi connectivity index (χ1n) is 9.59. The Morgan fingerprint density at radius 1 is 0.581 bits per heavy atom. The van der Waals surface area contributed by atoms with E-state index in [1.807, 2.05) is 0 Å². The molecule has 0 amide bonds. The number of aromatic nitrogens is 1. The number of aryl methyl sites for hydroxylation is 2. The molecule has 0 bridgehead atoms. The molecule has 0 unspecified atom stereocenters. The summed E-state index contributed by atoms with van der Waals surface area (Å²) < 4.78 is 36.3. The van der Waals surface area contributed by atoms with Crippen LogP contribution in [0.5, 0.6) is 0 Å². The summed E-state index contributed by atoms with van der Waals surface area (Å²) >= 11 is 0. The van der Waals surface area contributed by atoms with Crippen LogP contribution < -0.4 is 23.2 Å². The van der Waals surface area contributed by atoms with Crippen LogP contribution in [0.4, 0.5) is 0 Å². The Balaban J connectivity index is 0.000000491. The molecule has 6 heteroatoms. The average molecular weight is 436 g/mol. The zero-order valence-corrected chi connectivity index (χ0v) is 18.0. The van der Waals surface area contributed by atoms with Gasteiger partial charge >= 0.3 is 0 Å². The minimum absolute atomic E-state index is 1.19. The first-order valence-corrected chi connectivity index (χ1v) is 10.8. The summed E-state index contributed by atoms with van der Waals surface area (Å²) in [7, 11) is -4.94. The van der Waals surface area contributed by atoms with Gasteiger partial charge in [0, 0.05) is 36.8 Å². The maximum Gasteiger partial charge on any atom is 0.219 e.